The number of carbonyl (C=O) groups excluding carboxylic acids is 1. The van der Waals surface area contributed by atoms with Gasteiger partial charge in [0.15, 0.2) is 5.54 Å². The molecule has 2 aliphatic rings. The minimum Gasteiger partial charge on any atom is -0.376 e. The third kappa shape index (κ3) is 1.48. The van der Waals surface area contributed by atoms with Crippen LogP contribution >= 0.6 is 0 Å². The number of fused-ring (bicyclic) bond motifs is 6. The number of amides is 1. The van der Waals surface area contributed by atoms with Crippen LogP contribution in [0.25, 0.3) is 10.9 Å². The number of anilines is 1. The SMILES string of the molecule is O=C1N(CO)c2ccccc2[C@]12NCCc1c2[nH]c2ccccc12. The van der Waals surface area contributed by atoms with E-state index in [-0.39, 0.29) is 12.6 Å². The van der Waals surface area contributed by atoms with Gasteiger partial charge in [-0.25, -0.2) is 0 Å². The van der Waals surface area contributed by atoms with Gasteiger partial charge in [0.2, 0.25) is 0 Å². The number of benzene rings is 2. The molecule has 0 unspecified atom stereocenters. The Morgan fingerprint density at radius 1 is 1.12 bits per heavy atom. The van der Waals surface area contributed by atoms with Gasteiger partial charge in [-0.1, -0.05) is 36.4 Å². The van der Waals surface area contributed by atoms with Crippen molar-refractivity contribution in [3.05, 3.63) is 65.4 Å². The van der Waals surface area contributed by atoms with Crippen LogP contribution in [-0.2, 0) is 16.8 Å². The van der Waals surface area contributed by atoms with Crippen molar-refractivity contribution in [2.75, 3.05) is 18.2 Å². The summed E-state index contributed by atoms with van der Waals surface area (Å²) in [7, 11) is 0. The molecule has 3 aromatic rings. The molecule has 5 rings (SSSR count). The summed E-state index contributed by atoms with van der Waals surface area (Å²) in [5, 5.41) is 14.4. The summed E-state index contributed by atoms with van der Waals surface area (Å²) in [6, 6.07) is 15.8. The van der Waals surface area contributed by atoms with Crippen molar-refractivity contribution in [2.24, 2.45) is 0 Å². The van der Waals surface area contributed by atoms with Gasteiger partial charge in [-0.2, -0.15) is 0 Å². The number of nitrogens with zero attached hydrogens (tertiary/aromatic N) is 1. The number of aromatic amines is 1. The van der Waals surface area contributed by atoms with E-state index in [2.05, 4.69) is 16.4 Å². The first-order valence-electron chi connectivity index (χ1n) is 8.15. The second kappa shape index (κ2) is 4.69. The Morgan fingerprint density at radius 3 is 2.79 bits per heavy atom. The van der Waals surface area contributed by atoms with E-state index in [9.17, 15) is 9.90 Å². The predicted molar refractivity (Wildman–Crippen MR) is 91.8 cm³/mol. The Kier molecular flexibility index (Phi) is 2.69. The lowest BCUT2D eigenvalue weighted by Gasteiger charge is -2.34. The maximum Gasteiger partial charge on any atom is 0.260 e. The fraction of sp³-hybridized carbons (Fsp3) is 0.211. The molecule has 5 heteroatoms. The molecule has 2 aromatic carbocycles. The molecule has 1 aromatic heterocycles. The molecule has 24 heavy (non-hydrogen) atoms. The van der Waals surface area contributed by atoms with Gasteiger partial charge in [-0.3, -0.25) is 15.0 Å². The summed E-state index contributed by atoms with van der Waals surface area (Å²) in [5.41, 5.74) is 3.86. The molecular formula is C19H17N3O2. The second-order valence-electron chi connectivity index (χ2n) is 6.34. The molecule has 3 N–H and O–H groups in total. The van der Waals surface area contributed by atoms with Crippen LogP contribution in [0.1, 0.15) is 16.8 Å². The quantitative estimate of drug-likeness (QED) is 0.641. The van der Waals surface area contributed by atoms with Gasteiger partial charge in [0.05, 0.1) is 11.4 Å². The van der Waals surface area contributed by atoms with Gasteiger partial charge in [0, 0.05) is 23.0 Å². The number of hydrogen-bond acceptors (Lipinski definition) is 3. The van der Waals surface area contributed by atoms with Crippen LogP contribution in [0.3, 0.4) is 0 Å². The summed E-state index contributed by atoms with van der Waals surface area (Å²) < 4.78 is 0. The van der Waals surface area contributed by atoms with E-state index in [0.717, 1.165) is 28.9 Å². The lowest BCUT2D eigenvalue weighted by molar-refractivity contribution is -0.123. The number of carbonyl (C=O) groups is 1. The number of rotatable bonds is 1. The van der Waals surface area contributed by atoms with Gasteiger partial charge in [-0.05, 0) is 24.1 Å². The van der Waals surface area contributed by atoms with E-state index in [1.807, 2.05) is 42.5 Å². The van der Waals surface area contributed by atoms with E-state index < -0.39 is 5.54 Å². The highest BCUT2D eigenvalue weighted by atomic mass is 16.3. The van der Waals surface area contributed by atoms with E-state index in [0.29, 0.717) is 6.54 Å². The Bertz CT molecular complexity index is 978. The number of H-pyrrole nitrogens is 1. The number of aliphatic hydroxyl groups excluding tert-OH is 1. The fourth-order valence-corrected chi connectivity index (χ4v) is 4.25. The van der Waals surface area contributed by atoms with Crippen LogP contribution in [-0.4, -0.2) is 29.3 Å². The van der Waals surface area contributed by atoms with Crippen LogP contribution in [0.15, 0.2) is 48.5 Å². The first kappa shape index (κ1) is 13.8. The number of nitrogens with one attached hydrogen (secondary N) is 2. The normalized spacial score (nSPS) is 22.2. The van der Waals surface area contributed by atoms with Crippen molar-refractivity contribution >= 4 is 22.5 Å². The summed E-state index contributed by atoms with van der Waals surface area (Å²) in [5.74, 6) is -0.126. The van der Waals surface area contributed by atoms with Crippen molar-refractivity contribution in [2.45, 2.75) is 12.0 Å². The predicted octanol–water partition coefficient (Wildman–Crippen LogP) is 1.85. The largest absolute Gasteiger partial charge is 0.376 e. The molecule has 1 amide bonds. The minimum atomic E-state index is -0.939. The van der Waals surface area contributed by atoms with Crippen molar-refractivity contribution in [1.82, 2.24) is 10.3 Å². The minimum absolute atomic E-state index is 0.126. The third-order valence-corrected chi connectivity index (χ3v) is 5.26. The van der Waals surface area contributed by atoms with Crippen molar-refractivity contribution in [3.63, 3.8) is 0 Å². The molecule has 1 spiro atoms. The standard InChI is InChI=1S/C19H17N3O2/c23-11-22-16-8-4-2-6-14(16)19(18(22)24)17-13(9-10-20-19)12-5-1-3-7-15(12)21-17/h1-8,20-21,23H,9-11H2/t19-/m1/s1. The summed E-state index contributed by atoms with van der Waals surface area (Å²) in [6.45, 7) is 0.392. The van der Waals surface area contributed by atoms with Gasteiger partial charge >= 0.3 is 0 Å². The molecule has 0 radical (unpaired) electrons. The van der Waals surface area contributed by atoms with Crippen LogP contribution in [0.4, 0.5) is 5.69 Å². The highest BCUT2D eigenvalue weighted by Crippen LogP contribution is 2.47. The maximum atomic E-state index is 13.3. The van der Waals surface area contributed by atoms with Gasteiger partial charge < -0.3 is 10.1 Å². The summed E-state index contributed by atoms with van der Waals surface area (Å²) >= 11 is 0. The zero-order valence-corrected chi connectivity index (χ0v) is 13.0. The van der Waals surface area contributed by atoms with E-state index in [1.165, 1.54) is 15.8 Å². The smallest absolute Gasteiger partial charge is 0.260 e. The molecule has 2 aliphatic heterocycles. The van der Waals surface area contributed by atoms with Crippen LogP contribution in [0, 0.1) is 0 Å². The summed E-state index contributed by atoms with van der Waals surface area (Å²) in [4.78, 5) is 18.2. The average Bonchev–Trinajstić information content (AvgIpc) is 3.11. The van der Waals surface area contributed by atoms with Crippen molar-refractivity contribution in [1.29, 1.82) is 0 Å². The molecular weight excluding hydrogens is 302 g/mol. The molecule has 1 atom stereocenters. The molecule has 0 bridgehead atoms. The topological polar surface area (TPSA) is 68.4 Å². The van der Waals surface area contributed by atoms with Crippen molar-refractivity contribution < 1.29 is 9.90 Å². The number of aromatic nitrogens is 1. The molecule has 0 fully saturated rings. The van der Waals surface area contributed by atoms with Crippen molar-refractivity contribution in [3.8, 4) is 0 Å². The van der Waals surface area contributed by atoms with Crippen LogP contribution in [0.2, 0.25) is 0 Å². The first-order valence-corrected chi connectivity index (χ1v) is 8.15. The highest BCUT2D eigenvalue weighted by molar-refractivity contribution is 6.11. The number of para-hydroxylation sites is 2. The number of aliphatic hydroxyl groups is 1. The maximum absolute atomic E-state index is 13.3. The number of hydrogen-bond donors (Lipinski definition) is 3. The molecule has 0 saturated carbocycles. The average molecular weight is 319 g/mol. The fourth-order valence-electron chi connectivity index (χ4n) is 4.25. The third-order valence-electron chi connectivity index (χ3n) is 5.26. The van der Waals surface area contributed by atoms with Crippen LogP contribution < -0.4 is 10.2 Å². The zero-order chi connectivity index (χ0) is 16.3. The Morgan fingerprint density at radius 2 is 1.92 bits per heavy atom. The van der Waals surface area contributed by atoms with E-state index in [1.54, 1.807) is 0 Å². The highest BCUT2D eigenvalue weighted by Gasteiger charge is 2.55. The Labute approximate surface area is 138 Å². The van der Waals surface area contributed by atoms with E-state index >= 15 is 0 Å². The van der Waals surface area contributed by atoms with E-state index in [4.69, 9.17) is 0 Å². The zero-order valence-electron chi connectivity index (χ0n) is 13.0. The molecule has 5 nitrogen and oxygen atoms in total. The van der Waals surface area contributed by atoms with Gasteiger partial charge in [0.25, 0.3) is 5.91 Å². The molecule has 120 valence electrons. The summed E-state index contributed by atoms with van der Waals surface area (Å²) in [6.07, 6.45) is 0.871. The Hall–Kier alpha value is -2.63. The van der Waals surface area contributed by atoms with Gasteiger partial charge in [-0.15, -0.1) is 0 Å². The molecule has 0 saturated heterocycles. The Balaban J connectivity index is 1.86. The molecule has 3 heterocycles. The lowest BCUT2D eigenvalue weighted by Crippen LogP contribution is -2.55. The molecule has 0 aliphatic carbocycles. The van der Waals surface area contributed by atoms with Crippen LogP contribution in [0.5, 0.6) is 0 Å². The first-order chi connectivity index (χ1) is 11.8. The monoisotopic (exact) mass is 319 g/mol. The van der Waals surface area contributed by atoms with Gasteiger partial charge in [0.1, 0.15) is 6.73 Å². The lowest BCUT2D eigenvalue weighted by atomic mass is 9.82. The second-order valence-corrected chi connectivity index (χ2v) is 6.34.